The molecule has 0 aliphatic carbocycles. The van der Waals surface area contributed by atoms with Crippen molar-refractivity contribution < 1.29 is 81.0 Å². The topological polar surface area (TPSA) is 421 Å². The Balaban J connectivity index is 0.000000228. The summed E-state index contributed by atoms with van der Waals surface area (Å²) in [6.45, 7) is 13.0. The second-order valence-corrected chi connectivity index (χ2v) is 40.5. The molecule has 692 valence electrons. The molecule has 123 heavy (non-hydrogen) atoms. The van der Waals surface area contributed by atoms with Gasteiger partial charge in [-0.05, 0) is 118 Å². The van der Waals surface area contributed by atoms with Crippen LogP contribution in [0.4, 0.5) is 19.2 Å². The van der Waals surface area contributed by atoms with Crippen LogP contribution in [0.15, 0.2) is 12.2 Å². The first-order valence-electron chi connectivity index (χ1n) is 44.4. The van der Waals surface area contributed by atoms with Crippen molar-refractivity contribution in [1.29, 1.82) is 5.26 Å². The van der Waals surface area contributed by atoms with Gasteiger partial charge in [-0.25, -0.2) is 28.6 Å². The largest absolute Gasteiger partial charge is 0.356 e. The fourth-order valence-corrected chi connectivity index (χ4v) is 24.9. The highest BCUT2D eigenvalue weighted by Crippen LogP contribution is 2.47. The number of likely N-dealkylation sites (N-methyl/N-ethyl adjacent to an activating group) is 4. The van der Waals surface area contributed by atoms with Crippen molar-refractivity contribution in [3.8, 4) is 6.07 Å². The number of thioether (sulfide) groups is 4. The maximum atomic E-state index is 12.2. The second kappa shape index (κ2) is 56.2. The Kier molecular flexibility index (Phi) is 47.5. The number of imide groups is 2. The summed E-state index contributed by atoms with van der Waals surface area (Å²) in [4.78, 5) is 177. The van der Waals surface area contributed by atoms with E-state index in [1.165, 1.54) is 17.1 Å². The summed E-state index contributed by atoms with van der Waals surface area (Å²) in [5.74, 6) is 2.25. The van der Waals surface area contributed by atoms with Gasteiger partial charge in [-0.15, -0.1) is 5.06 Å². The lowest BCUT2D eigenvalue weighted by atomic mass is 10.0. The van der Waals surface area contributed by atoms with Crippen LogP contribution in [-0.2, 0) is 61.8 Å². The van der Waals surface area contributed by atoms with Crippen LogP contribution < -0.4 is 47.9 Å². The Morgan fingerprint density at radius 3 is 1.14 bits per heavy atom. The van der Waals surface area contributed by atoms with Gasteiger partial charge >= 0.3 is 30.1 Å². The number of hydrogen-bond acceptors (Lipinski definition) is 23. The molecule has 0 aromatic carbocycles. The molecule has 0 aromatic heterocycles. The van der Waals surface area contributed by atoms with Crippen LogP contribution in [0, 0.1) is 11.3 Å². The standard InChI is InChI=1S/C26H48N5O4PS.C21H32N4O6S.C21H32N4O4S.C15H25IN4O3S/c1-20(2)31(21(3)4)36(35-18-12-15-27)34-17-11-7-6-10-16-28-24(32)14-9-8-13-23-25-22(19-37-23)30(5)26(33)29-25;1-24-14-13-32-15(20(14)23-21(24)30)7-4-5-8-16(26)22-12-6-2-3-9-19(29)31-25-17(27)10-11-18(25)28;1-24-15-14-30-16(20(15)23-21(24)29)8-4-5-9-17(26)22-12-6-2-3-7-13-25-18(27)10-11-19(25)28;1-20-10-9-24-11(14(10)19-15(20)23)4-2-3-5-12(21)17-6-7-18-13(22)8-16/h20-23,25H,6-14,16-19H2,1-5H3,(H,28,32)(H,29,33);14-15,20H,2-13H2,1H3,(H,22,26)(H,23,30);10-11,15-16,20H,2-9,12-14H2,1H3,(H,22,26)(H,23,29);10-11,14H,2-9H2,1H3,(H,17,21)(H,18,22)(H,19,23)/t22-,23-,25-,36?;14-,15-,20-;15-,16-,20-;10-,11-,14-/m0000/s1. The predicted molar refractivity (Wildman–Crippen MR) is 488 cm³/mol. The zero-order valence-electron chi connectivity index (χ0n) is 73.3. The highest BCUT2D eigenvalue weighted by molar-refractivity contribution is 14.1. The minimum Gasteiger partial charge on any atom is -0.356 e. The number of hydrogen-bond donors (Lipinski definition) is 9. The van der Waals surface area contributed by atoms with E-state index in [2.05, 4.69) is 86.3 Å². The first-order chi connectivity index (χ1) is 59.1. The average Bonchev–Trinajstić information content (AvgIpc) is 1.66. The number of urea groups is 4. The van der Waals surface area contributed by atoms with E-state index in [1.54, 1.807) is 4.90 Å². The number of fused-ring (bicyclic) bond motifs is 4. The molecule has 9 saturated heterocycles. The number of rotatable bonds is 52. The molecule has 10 rings (SSSR count). The SMILES string of the molecule is CC(C)N(C(C)C)P(OCCC#N)OCCCCCCNC(=O)CCCC[C@@H]1SC[C@H]2[C@@H]1NC(=O)N2C.CN1C(=O)N[C@@H]2[C@H](CCCCC(=O)NCCCCCC(=O)ON3C(=O)CCC3=O)SC[C@@H]21.CN1C(=O)N[C@@H]2[C@H](CCCCC(=O)NCCCCCCN3C(=O)C=CC3=O)SC[C@@H]21.CN1C(=O)N[C@@H]2[C@H](CCCCC(=O)NCCNC(=O)CI)SC[C@@H]21. The molecule has 17 amide bonds. The summed E-state index contributed by atoms with van der Waals surface area (Å²) in [6.07, 6.45) is 26.6. The van der Waals surface area contributed by atoms with Gasteiger partial charge in [0, 0.05) is 181 Å². The molecule has 9 fully saturated rings. The van der Waals surface area contributed by atoms with Gasteiger partial charge in [0.25, 0.3) is 32.2 Å². The van der Waals surface area contributed by atoms with Crippen LogP contribution in [0.2, 0.25) is 0 Å². The van der Waals surface area contributed by atoms with Gasteiger partial charge in [0.1, 0.15) is 0 Å². The summed E-state index contributed by atoms with van der Waals surface area (Å²) >= 11 is 9.71. The maximum Gasteiger partial charge on any atom is 0.333 e. The lowest BCUT2D eigenvalue weighted by Crippen LogP contribution is -2.37. The molecular weight excluding hydrogens is 1790 g/mol. The van der Waals surface area contributed by atoms with Crippen molar-refractivity contribution in [2.75, 3.05) is 108 Å². The van der Waals surface area contributed by atoms with Crippen LogP contribution in [0.1, 0.15) is 227 Å². The van der Waals surface area contributed by atoms with E-state index >= 15 is 0 Å². The summed E-state index contributed by atoms with van der Waals surface area (Å²) in [5.41, 5.74) is 0. The molecular formula is C83H137IN17O17PS4. The molecule has 0 radical (unpaired) electrons. The Morgan fingerprint density at radius 2 is 0.780 bits per heavy atom. The highest BCUT2D eigenvalue weighted by atomic mass is 127. The summed E-state index contributed by atoms with van der Waals surface area (Å²) in [6, 6.07) is 5.07. The van der Waals surface area contributed by atoms with Crippen molar-refractivity contribution in [3.05, 3.63) is 12.2 Å². The minimum atomic E-state index is -1.17. The number of nitrogens with one attached hydrogen (secondary N) is 9. The molecule has 0 saturated carbocycles. The third-order valence-corrected chi connectivity index (χ3v) is 32.2. The molecule has 10 heterocycles. The number of carbonyl (C=O) groups is 14. The van der Waals surface area contributed by atoms with Crippen LogP contribution in [-0.4, -0.2) is 307 Å². The zero-order valence-corrected chi connectivity index (χ0v) is 79.6. The van der Waals surface area contributed by atoms with E-state index in [0.29, 0.717) is 145 Å². The van der Waals surface area contributed by atoms with E-state index < -0.39 is 26.3 Å². The van der Waals surface area contributed by atoms with E-state index in [9.17, 15) is 67.1 Å². The molecule has 0 spiro atoms. The van der Waals surface area contributed by atoms with E-state index in [-0.39, 0.29) is 115 Å². The molecule has 9 N–H and O–H groups in total. The second-order valence-electron chi connectivity index (χ2n) is 33.2. The summed E-state index contributed by atoms with van der Waals surface area (Å²) in [5, 5.41) is 37.9. The summed E-state index contributed by atoms with van der Waals surface area (Å²) in [7, 11) is 6.27. The first kappa shape index (κ1) is 104. The van der Waals surface area contributed by atoms with Crippen molar-refractivity contribution >= 4 is 161 Å². The van der Waals surface area contributed by atoms with Crippen LogP contribution >= 0.6 is 78.2 Å². The van der Waals surface area contributed by atoms with Gasteiger partial charge in [0.2, 0.25) is 29.5 Å². The van der Waals surface area contributed by atoms with E-state index in [4.69, 9.17) is 19.1 Å². The zero-order chi connectivity index (χ0) is 89.3. The average molecular weight is 1930 g/mol. The van der Waals surface area contributed by atoms with Gasteiger partial charge in [-0.3, -0.25) is 48.1 Å². The van der Waals surface area contributed by atoms with Crippen molar-refractivity contribution in [2.45, 2.75) is 308 Å². The molecule has 0 aromatic rings. The number of alkyl halides is 1. The number of unbranched alkanes of at least 4 members (excludes halogenated alkanes) is 12. The molecule has 10 aliphatic rings. The number of halogens is 1. The number of hydroxylamine groups is 2. The minimum absolute atomic E-state index is 0.0122. The molecule has 34 nitrogen and oxygen atoms in total. The number of carbonyl (C=O) groups excluding carboxylic acids is 14. The van der Waals surface area contributed by atoms with Crippen LogP contribution in [0.5, 0.6) is 0 Å². The Morgan fingerprint density at radius 1 is 0.455 bits per heavy atom. The Hall–Kier alpha value is -6.15. The fourth-order valence-electron chi connectivity index (χ4n) is 16.3. The normalized spacial score (nSPS) is 24.1. The number of nitrogens with zero attached hydrogens (tertiary/aromatic N) is 8. The predicted octanol–water partition coefficient (Wildman–Crippen LogP) is 8.74. The van der Waals surface area contributed by atoms with E-state index in [1.807, 2.05) is 113 Å². The quantitative estimate of drug-likeness (QED) is 0.00686. The molecule has 13 atom stereocenters. The number of nitriles is 1. The van der Waals surface area contributed by atoms with Crippen molar-refractivity contribution in [2.24, 2.45) is 0 Å². The monoisotopic (exact) mass is 1930 g/mol. The van der Waals surface area contributed by atoms with Gasteiger partial charge in [-0.2, -0.15) is 52.3 Å². The fraction of sp³-hybridized carbons (Fsp3) is 0.795. The Bertz CT molecular complexity index is 3500. The molecule has 1 unspecified atom stereocenters. The highest BCUT2D eigenvalue weighted by Gasteiger charge is 2.50. The number of amides is 17. The first-order valence-corrected chi connectivity index (χ1v) is 51.3. The van der Waals surface area contributed by atoms with Gasteiger partial charge in [-0.1, -0.05) is 80.4 Å². The smallest absolute Gasteiger partial charge is 0.333 e. The van der Waals surface area contributed by atoms with Gasteiger partial charge in [0.15, 0.2) is 0 Å². The van der Waals surface area contributed by atoms with Crippen molar-refractivity contribution in [1.82, 2.24) is 82.1 Å². The summed E-state index contributed by atoms with van der Waals surface area (Å²) < 4.78 is 14.7. The van der Waals surface area contributed by atoms with Gasteiger partial charge in [0.05, 0.1) is 78.5 Å². The lowest BCUT2D eigenvalue weighted by Gasteiger charge is -2.35. The molecule has 0 bridgehead atoms. The Labute approximate surface area is 759 Å². The van der Waals surface area contributed by atoms with Crippen molar-refractivity contribution in [3.63, 3.8) is 0 Å². The van der Waals surface area contributed by atoms with Gasteiger partial charge < -0.3 is 81.3 Å². The molecule has 10 aliphatic heterocycles. The maximum absolute atomic E-state index is 12.2. The third kappa shape index (κ3) is 34.8. The van der Waals surface area contributed by atoms with E-state index in [0.717, 1.165) is 171 Å². The lowest BCUT2D eigenvalue weighted by molar-refractivity contribution is -0.197. The molecule has 40 heteroatoms. The van der Waals surface area contributed by atoms with Crippen LogP contribution in [0.25, 0.3) is 0 Å². The third-order valence-electron chi connectivity index (χ3n) is 23.4. The van der Waals surface area contributed by atoms with Crippen LogP contribution in [0.3, 0.4) is 0 Å².